The molecule has 1 heterocycles. The molecule has 86 valence electrons. The zero-order valence-electron chi connectivity index (χ0n) is 9.91. The van der Waals surface area contributed by atoms with Gasteiger partial charge in [0, 0.05) is 18.1 Å². The Morgan fingerprint density at radius 1 is 1.00 bits per heavy atom. The van der Waals surface area contributed by atoms with E-state index >= 15 is 0 Å². The van der Waals surface area contributed by atoms with Gasteiger partial charge in [-0.2, -0.15) is 0 Å². The largest absolute Gasteiger partial charge is 0.311 e. The fourth-order valence-electron chi connectivity index (χ4n) is 2.98. The summed E-state index contributed by atoms with van der Waals surface area (Å²) in [6.07, 6.45) is 8.64. The van der Waals surface area contributed by atoms with Crippen molar-refractivity contribution in [2.45, 2.75) is 63.6 Å². The van der Waals surface area contributed by atoms with Gasteiger partial charge in [-0.1, -0.05) is 0 Å². The molecule has 0 bridgehead atoms. The topological polar surface area (TPSA) is 15.3 Å². The molecule has 0 aromatic rings. The molecule has 0 radical (unpaired) electrons. The third-order valence-corrected chi connectivity index (χ3v) is 4.42. The second-order valence-corrected chi connectivity index (χ2v) is 5.83. The second-order valence-electron chi connectivity index (χ2n) is 5.83. The Bertz CT molecular complexity index is 213. The third kappa shape index (κ3) is 2.54. The first-order valence-corrected chi connectivity index (χ1v) is 6.83. The highest BCUT2D eigenvalue weighted by Gasteiger charge is 2.33. The van der Waals surface area contributed by atoms with Crippen molar-refractivity contribution in [1.29, 1.82) is 0 Å². The first-order valence-electron chi connectivity index (χ1n) is 6.83. The molecular formula is C13H24N2. The minimum atomic E-state index is 0.780. The number of nitrogens with one attached hydrogen (secondary N) is 1. The van der Waals surface area contributed by atoms with E-state index in [0.29, 0.717) is 0 Å². The van der Waals surface area contributed by atoms with Crippen LogP contribution in [-0.4, -0.2) is 36.1 Å². The molecule has 15 heavy (non-hydrogen) atoms. The van der Waals surface area contributed by atoms with Crippen LogP contribution >= 0.6 is 0 Å². The van der Waals surface area contributed by atoms with Crippen LogP contribution in [0.25, 0.3) is 0 Å². The summed E-state index contributed by atoms with van der Waals surface area (Å²) in [7, 11) is 0. The molecule has 1 unspecified atom stereocenters. The number of nitrogens with zero attached hydrogens (tertiary/aromatic N) is 1. The molecule has 0 amide bonds. The van der Waals surface area contributed by atoms with Crippen molar-refractivity contribution in [3.63, 3.8) is 0 Å². The van der Waals surface area contributed by atoms with Crippen LogP contribution in [0.5, 0.6) is 0 Å². The first kappa shape index (κ1) is 10.1. The van der Waals surface area contributed by atoms with Crippen molar-refractivity contribution >= 4 is 0 Å². The fraction of sp³-hybridized carbons (Fsp3) is 1.00. The summed E-state index contributed by atoms with van der Waals surface area (Å²) in [4.78, 5) is 2.71. The molecule has 1 aliphatic heterocycles. The molecule has 0 aromatic heterocycles. The molecule has 3 aliphatic rings. The Hall–Kier alpha value is -0.0800. The predicted molar refractivity (Wildman–Crippen MR) is 62.9 cm³/mol. The predicted octanol–water partition coefficient (Wildman–Crippen LogP) is 2.00. The summed E-state index contributed by atoms with van der Waals surface area (Å²) in [5, 5.41) is 3.83. The molecular weight excluding hydrogens is 184 g/mol. The Kier molecular flexibility index (Phi) is 2.73. The van der Waals surface area contributed by atoms with Crippen molar-refractivity contribution in [3.8, 4) is 0 Å². The SMILES string of the molecule is CC(NC1CCN(C2CC2)CC1)C1CC1. The molecule has 2 saturated carbocycles. The average Bonchev–Trinajstić information content (AvgIpc) is 3.11. The highest BCUT2D eigenvalue weighted by atomic mass is 15.2. The number of piperidine rings is 1. The molecule has 2 nitrogen and oxygen atoms in total. The Morgan fingerprint density at radius 2 is 1.67 bits per heavy atom. The lowest BCUT2D eigenvalue weighted by Crippen LogP contribution is -2.46. The molecule has 1 atom stereocenters. The normalized spacial score (nSPS) is 31.8. The van der Waals surface area contributed by atoms with E-state index in [1.165, 1.54) is 51.6 Å². The van der Waals surface area contributed by atoms with Gasteiger partial charge >= 0.3 is 0 Å². The number of hydrogen-bond donors (Lipinski definition) is 1. The summed E-state index contributed by atoms with van der Waals surface area (Å²) in [5.41, 5.74) is 0. The molecule has 1 saturated heterocycles. The lowest BCUT2D eigenvalue weighted by atomic mass is 10.0. The van der Waals surface area contributed by atoms with Crippen LogP contribution in [0.15, 0.2) is 0 Å². The fourth-order valence-corrected chi connectivity index (χ4v) is 2.98. The molecule has 0 aromatic carbocycles. The maximum Gasteiger partial charge on any atom is 0.00964 e. The molecule has 0 spiro atoms. The Balaban J connectivity index is 1.40. The third-order valence-electron chi connectivity index (χ3n) is 4.42. The minimum absolute atomic E-state index is 0.780. The smallest absolute Gasteiger partial charge is 0.00964 e. The van der Waals surface area contributed by atoms with Crippen LogP contribution in [0.1, 0.15) is 45.4 Å². The summed E-state index contributed by atoms with van der Waals surface area (Å²) >= 11 is 0. The van der Waals surface area contributed by atoms with Gasteiger partial charge in [0.25, 0.3) is 0 Å². The van der Waals surface area contributed by atoms with Crippen molar-refractivity contribution < 1.29 is 0 Å². The maximum absolute atomic E-state index is 3.83. The van der Waals surface area contributed by atoms with Gasteiger partial charge < -0.3 is 10.2 Å². The van der Waals surface area contributed by atoms with Gasteiger partial charge in [0.15, 0.2) is 0 Å². The zero-order valence-corrected chi connectivity index (χ0v) is 9.91. The van der Waals surface area contributed by atoms with E-state index in [1.807, 2.05) is 0 Å². The molecule has 3 rings (SSSR count). The van der Waals surface area contributed by atoms with E-state index in [4.69, 9.17) is 0 Å². The first-order chi connectivity index (χ1) is 7.33. The Morgan fingerprint density at radius 3 is 2.20 bits per heavy atom. The minimum Gasteiger partial charge on any atom is -0.311 e. The van der Waals surface area contributed by atoms with Crippen molar-refractivity contribution in [2.24, 2.45) is 5.92 Å². The van der Waals surface area contributed by atoms with Gasteiger partial charge in [0.05, 0.1) is 0 Å². The second kappa shape index (κ2) is 4.06. The van der Waals surface area contributed by atoms with Crippen LogP contribution in [0.4, 0.5) is 0 Å². The molecule has 3 fully saturated rings. The van der Waals surface area contributed by atoms with Crippen LogP contribution in [0.2, 0.25) is 0 Å². The van der Waals surface area contributed by atoms with E-state index in [2.05, 4.69) is 17.1 Å². The standard InChI is InChI=1S/C13H24N2/c1-10(11-2-3-11)14-12-6-8-15(9-7-12)13-4-5-13/h10-14H,2-9H2,1H3. The van der Waals surface area contributed by atoms with Crippen molar-refractivity contribution in [3.05, 3.63) is 0 Å². The summed E-state index contributed by atoms with van der Waals surface area (Å²) < 4.78 is 0. The van der Waals surface area contributed by atoms with Gasteiger partial charge in [-0.3, -0.25) is 0 Å². The van der Waals surface area contributed by atoms with Crippen LogP contribution in [0.3, 0.4) is 0 Å². The van der Waals surface area contributed by atoms with E-state index in [0.717, 1.165) is 24.0 Å². The molecule has 2 aliphatic carbocycles. The van der Waals surface area contributed by atoms with E-state index in [9.17, 15) is 0 Å². The highest BCUT2D eigenvalue weighted by molar-refractivity contribution is 4.91. The average molecular weight is 208 g/mol. The summed E-state index contributed by atoms with van der Waals surface area (Å²) in [5.74, 6) is 1.01. The van der Waals surface area contributed by atoms with E-state index in [-0.39, 0.29) is 0 Å². The van der Waals surface area contributed by atoms with Crippen molar-refractivity contribution in [2.75, 3.05) is 13.1 Å². The van der Waals surface area contributed by atoms with E-state index < -0.39 is 0 Å². The van der Waals surface area contributed by atoms with Crippen LogP contribution < -0.4 is 5.32 Å². The van der Waals surface area contributed by atoms with Gasteiger partial charge in [0.2, 0.25) is 0 Å². The Labute approximate surface area is 93.4 Å². The van der Waals surface area contributed by atoms with Crippen LogP contribution in [-0.2, 0) is 0 Å². The van der Waals surface area contributed by atoms with E-state index in [1.54, 1.807) is 0 Å². The number of likely N-dealkylation sites (tertiary alicyclic amines) is 1. The lowest BCUT2D eigenvalue weighted by Gasteiger charge is -2.34. The lowest BCUT2D eigenvalue weighted by molar-refractivity contribution is 0.182. The highest BCUT2D eigenvalue weighted by Crippen LogP contribution is 2.33. The zero-order chi connectivity index (χ0) is 10.3. The van der Waals surface area contributed by atoms with Crippen molar-refractivity contribution in [1.82, 2.24) is 10.2 Å². The van der Waals surface area contributed by atoms with Gasteiger partial charge in [-0.25, -0.2) is 0 Å². The monoisotopic (exact) mass is 208 g/mol. The van der Waals surface area contributed by atoms with Crippen LogP contribution in [0, 0.1) is 5.92 Å². The summed E-state index contributed by atoms with van der Waals surface area (Å²) in [6.45, 7) is 5.07. The molecule has 2 heteroatoms. The summed E-state index contributed by atoms with van der Waals surface area (Å²) in [6, 6.07) is 2.57. The van der Waals surface area contributed by atoms with Gasteiger partial charge in [-0.15, -0.1) is 0 Å². The molecule has 1 N–H and O–H groups in total. The van der Waals surface area contributed by atoms with Gasteiger partial charge in [-0.05, 0) is 64.5 Å². The number of rotatable bonds is 4. The van der Waals surface area contributed by atoms with Gasteiger partial charge in [0.1, 0.15) is 0 Å². The quantitative estimate of drug-likeness (QED) is 0.760. The maximum atomic E-state index is 3.83. The number of hydrogen-bond acceptors (Lipinski definition) is 2.